The minimum absolute atomic E-state index is 0.143. The van der Waals surface area contributed by atoms with E-state index in [1.54, 1.807) is 0 Å². The van der Waals surface area contributed by atoms with E-state index in [1.165, 1.54) is 0 Å². The van der Waals surface area contributed by atoms with E-state index in [0.29, 0.717) is 26.1 Å². The Morgan fingerprint density at radius 1 is 0.667 bits per heavy atom. The third-order valence-corrected chi connectivity index (χ3v) is 4.79. The third kappa shape index (κ3) is 10.6. The van der Waals surface area contributed by atoms with Crippen LogP contribution in [-0.4, -0.2) is 101 Å². The fraction of sp³-hybridized carbons (Fsp3) is 0.895. The Labute approximate surface area is 162 Å². The Kier molecular flexibility index (Phi) is 11.3. The third-order valence-electron chi connectivity index (χ3n) is 4.79. The van der Waals surface area contributed by atoms with E-state index in [2.05, 4.69) is 9.80 Å². The number of unbranched alkanes of at least 4 members (excludes halogenated alkanes) is 2. The zero-order valence-electron chi connectivity index (χ0n) is 16.4. The zero-order chi connectivity index (χ0) is 19.2. The van der Waals surface area contributed by atoms with Gasteiger partial charge in [-0.2, -0.15) is 0 Å². The highest BCUT2D eigenvalue weighted by Crippen LogP contribution is 2.03. The summed E-state index contributed by atoms with van der Waals surface area (Å²) in [7, 11) is 0. The van der Waals surface area contributed by atoms with Gasteiger partial charge in [0.05, 0.1) is 52.5 Å². The molecule has 2 rings (SSSR count). The van der Waals surface area contributed by atoms with Crippen LogP contribution in [-0.2, 0) is 28.5 Å². The van der Waals surface area contributed by atoms with Gasteiger partial charge in [-0.15, -0.1) is 0 Å². The molecule has 0 unspecified atom stereocenters. The number of carbonyl (C=O) groups is 2. The summed E-state index contributed by atoms with van der Waals surface area (Å²) < 4.78 is 21.0. The summed E-state index contributed by atoms with van der Waals surface area (Å²) in [6.07, 6.45) is 3.35. The fourth-order valence-electron chi connectivity index (χ4n) is 3.05. The summed E-state index contributed by atoms with van der Waals surface area (Å²) >= 11 is 0. The monoisotopic (exact) mass is 386 g/mol. The molecule has 0 bridgehead atoms. The number of hydrogen-bond acceptors (Lipinski definition) is 8. The van der Waals surface area contributed by atoms with E-state index in [-0.39, 0.29) is 11.9 Å². The maximum absolute atomic E-state index is 11.7. The number of hydrogen-bond donors (Lipinski definition) is 0. The molecule has 2 heterocycles. The van der Waals surface area contributed by atoms with E-state index in [1.807, 2.05) is 0 Å². The van der Waals surface area contributed by atoms with E-state index >= 15 is 0 Å². The molecular weight excluding hydrogens is 352 g/mol. The van der Waals surface area contributed by atoms with Crippen LogP contribution in [0.3, 0.4) is 0 Å². The van der Waals surface area contributed by atoms with Crippen molar-refractivity contribution in [2.75, 3.05) is 78.9 Å². The van der Waals surface area contributed by atoms with Crippen molar-refractivity contribution in [2.45, 2.75) is 32.1 Å². The van der Waals surface area contributed by atoms with Gasteiger partial charge in [-0.05, 0) is 19.3 Å². The Morgan fingerprint density at radius 3 is 1.48 bits per heavy atom. The van der Waals surface area contributed by atoms with Gasteiger partial charge in [0.25, 0.3) is 0 Å². The molecule has 2 aliphatic rings. The second-order valence-electron chi connectivity index (χ2n) is 6.91. The number of morpholine rings is 2. The maximum Gasteiger partial charge on any atom is 0.307 e. The summed E-state index contributed by atoms with van der Waals surface area (Å²) in [5.41, 5.74) is 0. The van der Waals surface area contributed by atoms with Crippen LogP contribution in [0.25, 0.3) is 0 Å². The van der Waals surface area contributed by atoms with Crippen LogP contribution >= 0.6 is 0 Å². The fourth-order valence-corrected chi connectivity index (χ4v) is 3.05. The summed E-state index contributed by atoms with van der Waals surface area (Å²) in [5.74, 6) is -0.285. The molecule has 0 aromatic heterocycles. The van der Waals surface area contributed by atoms with Crippen LogP contribution in [0.5, 0.6) is 0 Å². The first-order valence-electron chi connectivity index (χ1n) is 10.2. The van der Waals surface area contributed by atoms with Crippen LogP contribution in [0.15, 0.2) is 0 Å². The normalized spacial score (nSPS) is 19.0. The number of rotatable bonds is 12. The van der Waals surface area contributed by atoms with Gasteiger partial charge in [0.1, 0.15) is 0 Å². The quantitative estimate of drug-likeness (QED) is 0.358. The lowest BCUT2D eigenvalue weighted by atomic mass is 10.2. The summed E-state index contributed by atoms with van der Waals surface area (Å²) in [4.78, 5) is 27.9. The molecule has 0 saturated carbocycles. The Bertz CT molecular complexity index is 384. The second kappa shape index (κ2) is 13.9. The first-order chi connectivity index (χ1) is 13.2. The minimum Gasteiger partial charge on any atom is -0.466 e. The van der Waals surface area contributed by atoms with Crippen molar-refractivity contribution in [3.63, 3.8) is 0 Å². The Hall–Kier alpha value is -1.22. The lowest BCUT2D eigenvalue weighted by molar-refractivity contribution is -0.144. The van der Waals surface area contributed by atoms with Crippen molar-refractivity contribution in [1.82, 2.24) is 9.80 Å². The van der Waals surface area contributed by atoms with Gasteiger partial charge in [-0.25, -0.2) is 0 Å². The van der Waals surface area contributed by atoms with Crippen molar-refractivity contribution >= 4 is 11.9 Å². The minimum atomic E-state index is -0.143. The van der Waals surface area contributed by atoms with Crippen molar-refractivity contribution in [3.8, 4) is 0 Å². The van der Waals surface area contributed by atoms with Crippen molar-refractivity contribution in [3.05, 3.63) is 0 Å². The molecule has 0 aliphatic carbocycles. The van der Waals surface area contributed by atoms with Gasteiger partial charge in [0, 0.05) is 39.3 Å². The molecule has 2 fully saturated rings. The highest BCUT2D eigenvalue weighted by atomic mass is 16.5. The van der Waals surface area contributed by atoms with E-state index in [4.69, 9.17) is 18.9 Å². The molecule has 0 N–H and O–H groups in total. The molecule has 156 valence electrons. The molecule has 0 amide bonds. The predicted molar refractivity (Wildman–Crippen MR) is 99.5 cm³/mol. The first kappa shape index (κ1) is 22.1. The molecule has 0 aromatic carbocycles. The number of carbonyl (C=O) groups excluding carboxylic acids is 2. The highest BCUT2D eigenvalue weighted by Gasteiger charge is 2.13. The summed E-state index contributed by atoms with van der Waals surface area (Å²) in [6.45, 7) is 8.87. The SMILES string of the molecule is O=C(CCN1CCOCC1)OCCCCCOC(=O)CCN1CCOCC1. The molecule has 2 aliphatic heterocycles. The van der Waals surface area contributed by atoms with Gasteiger partial charge >= 0.3 is 11.9 Å². The van der Waals surface area contributed by atoms with Crippen LogP contribution < -0.4 is 0 Å². The van der Waals surface area contributed by atoms with Gasteiger partial charge in [-0.1, -0.05) is 0 Å². The number of ether oxygens (including phenoxy) is 4. The maximum atomic E-state index is 11.7. The predicted octanol–water partition coefficient (Wildman–Crippen LogP) is 0.688. The average Bonchev–Trinajstić information content (AvgIpc) is 2.71. The lowest BCUT2D eigenvalue weighted by Crippen LogP contribution is -2.37. The van der Waals surface area contributed by atoms with Gasteiger partial charge < -0.3 is 18.9 Å². The summed E-state index contributed by atoms with van der Waals surface area (Å²) in [6, 6.07) is 0. The molecule has 0 atom stereocenters. The topological polar surface area (TPSA) is 77.5 Å². The largest absolute Gasteiger partial charge is 0.466 e. The molecular formula is C19H34N2O6. The van der Waals surface area contributed by atoms with Crippen LogP contribution in [0.2, 0.25) is 0 Å². The number of esters is 2. The molecule has 0 spiro atoms. The van der Waals surface area contributed by atoms with Gasteiger partial charge in [0.15, 0.2) is 0 Å². The van der Waals surface area contributed by atoms with Crippen LogP contribution in [0.1, 0.15) is 32.1 Å². The molecule has 0 radical (unpaired) electrons. The molecule has 8 heteroatoms. The molecule has 27 heavy (non-hydrogen) atoms. The van der Waals surface area contributed by atoms with Gasteiger partial charge in [-0.3, -0.25) is 19.4 Å². The average molecular weight is 386 g/mol. The smallest absolute Gasteiger partial charge is 0.307 e. The Balaban J connectivity index is 1.35. The lowest BCUT2D eigenvalue weighted by Gasteiger charge is -2.26. The van der Waals surface area contributed by atoms with E-state index in [9.17, 15) is 9.59 Å². The highest BCUT2D eigenvalue weighted by molar-refractivity contribution is 5.69. The van der Waals surface area contributed by atoms with Crippen molar-refractivity contribution in [1.29, 1.82) is 0 Å². The first-order valence-corrected chi connectivity index (χ1v) is 10.2. The van der Waals surface area contributed by atoms with Crippen molar-refractivity contribution in [2.24, 2.45) is 0 Å². The van der Waals surface area contributed by atoms with Crippen LogP contribution in [0, 0.1) is 0 Å². The molecule has 2 saturated heterocycles. The second-order valence-corrected chi connectivity index (χ2v) is 6.91. The van der Waals surface area contributed by atoms with Crippen LogP contribution in [0.4, 0.5) is 0 Å². The van der Waals surface area contributed by atoms with Gasteiger partial charge in [0.2, 0.25) is 0 Å². The van der Waals surface area contributed by atoms with E-state index < -0.39 is 0 Å². The Morgan fingerprint density at radius 2 is 1.07 bits per heavy atom. The van der Waals surface area contributed by atoms with E-state index in [0.717, 1.165) is 85.0 Å². The number of nitrogens with zero attached hydrogens (tertiary/aromatic N) is 2. The standard InChI is InChI=1S/C19H34N2O6/c22-18(4-6-20-8-14-24-15-9-20)26-12-2-1-3-13-27-19(23)5-7-21-10-16-25-17-11-21/h1-17H2. The molecule has 0 aromatic rings. The van der Waals surface area contributed by atoms with Crippen molar-refractivity contribution < 1.29 is 28.5 Å². The molecule has 8 nitrogen and oxygen atoms in total. The zero-order valence-corrected chi connectivity index (χ0v) is 16.4. The summed E-state index contributed by atoms with van der Waals surface area (Å²) in [5, 5.41) is 0.